The van der Waals surface area contributed by atoms with Crippen LogP contribution in [0, 0.1) is 31.6 Å². The minimum absolute atomic E-state index is 0.0492. The van der Waals surface area contributed by atoms with Crippen LogP contribution in [0.5, 0.6) is 0 Å². The van der Waals surface area contributed by atoms with Gasteiger partial charge in [-0.25, -0.2) is 9.69 Å². The van der Waals surface area contributed by atoms with Crippen molar-refractivity contribution in [3.8, 4) is 5.69 Å². The predicted octanol–water partition coefficient (Wildman–Crippen LogP) is 7.07. The molecule has 4 amide bonds. The second-order valence-corrected chi connectivity index (χ2v) is 13.6. The van der Waals surface area contributed by atoms with Gasteiger partial charge in [0.15, 0.2) is 0 Å². The summed E-state index contributed by atoms with van der Waals surface area (Å²) in [5.74, 6) is 1.23. The topological polar surface area (TPSA) is 74.7 Å². The molecule has 8 rings (SSSR count). The van der Waals surface area contributed by atoms with Crippen LogP contribution in [0.3, 0.4) is 0 Å². The Hall–Kier alpha value is -4.13. The fourth-order valence-corrected chi connectivity index (χ4v) is 9.21. The molecule has 0 spiro atoms. The summed E-state index contributed by atoms with van der Waals surface area (Å²) in [7, 11) is 0. The van der Waals surface area contributed by atoms with Crippen LogP contribution in [0.25, 0.3) is 11.8 Å². The van der Waals surface area contributed by atoms with Crippen LogP contribution in [0.2, 0.25) is 0 Å². The highest BCUT2D eigenvalue weighted by atomic mass is 16.2. The summed E-state index contributed by atoms with van der Waals surface area (Å²) >= 11 is 0. The molecule has 0 atom stereocenters. The van der Waals surface area contributed by atoms with Crippen molar-refractivity contribution >= 4 is 35.3 Å². The van der Waals surface area contributed by atoms with E-state index in [1.807, 2.05) is 32.0 Å². The van der Waals surface area contributed by atoms with Gasteiger partial charge >= 0.3 is 6.03 Å². The molecule has 0 unspecified atom stereocenters. The van der Waals surface area contributed by atoms with Crippen LogP contribution in [-0.4, -0.2) is 35.5 Å². The second kappa shape index (κ2) is 10.8. The molecule has 0 radical (unpaired) electrons. The van der Waals surface area contributed by atoms with Gasteiger partial charge in [0.2, 0.25) is 0 Å². The number of hydrogen-bond acceptors (Lipinski definition) is 4. The van der Waals surface area contributed by atoms with Gasteiger partial charge in [0.1, 0.15) is 5.57 Å². The molecule has 2 aromatic carbocycles. The van der Waals surface area contributed by atoms with Crippen LogP contribution in [0.1, 0.15) is 74.9 Å². The zero-order valence-corrected chi connectivity index (χ0v) is 26.2. The van der Waals surface area contributed by atoms with Crippen molar-refractivity contribution in [2.24, 2.45) is 17.8 Å². The molecule has 4 bridgehead atoms. The number of benzene rings is 2. The first-order valence-corrected chi connectivity index (χ1v) is 16.3. The zero-order chi connectivity index (χ0) is 30.7. The molecule has 44 heavy (non-hydrogen) atoms. The Labute approximate surface area is 259 Å². The van der Waals surface area contributed by atoms with Gasteiger partial charge in [-0.2, -0.15) is 0 Å². The number of anilines is 2. The summed E-state index contributed by atoms with van der Waals surface area (Å²) < 4.78 is 2.12. The SMILES string of the molecule is CCN(CC)c1ccc(-n2c(C)cc(/C=C3\C(=O)NC(=O)N(c4ccc(C56CC7CC(CC(C7)C5)C6)cc4)C3=O)c2C)cc1. The summed E-state index contributed by atoms with van der Waals surface area (Å²) in [4.78, 5) is 43.1. The Kier molecular flexibility index (Phi) is 7.02. The molecular weight excluding hydrogens is 548 g/mol. The van der Waals surface area contributed by atoms with E-state index in [4.69, 9.17) is 0 Å². The number of nitrogens with zero attached hydrogens (tertiary/aromatic N) is 3. The molecule has 7 nitrogen and oxygen atoms in total. The lowest BCUT2D eigenvalue weighted by Gasteiger charge is -2.57. The van der Waals surface area contributed by atoms with E-state index < -0.39 is 17.8 Å². The first-order valence-electron chi connectivity index (χ1n) is 16.3. The molecule has 1 aromatic heterocycles. The van der Waals surface area contributed by atoms with Crippen molar-refractivity contribution < 1.29 is 14.4 Å². The van der Waals surface area contributed by atoms with E-state index >= 15 is 0 Å². The monoisotopic (exact) mass is 590 g/mol. The quantitative estimate of drug-likeness (QED) is 0.236. The fraction of sp³-hybridized carbons (Fsp3) is 0.432. The lowest BCUT2D eigenvalue weighted by molar-refractivity contribution is -0.122. The summed E-state index contributed by atoms with van der Waals surface area (Å²) in [6.45, 7) is 10.2. The molecule has 228 valence electrons. The number of carbonyl (C=O) groups excluding carboxylic acids is 3. The van der Waals surface area contributed by atoms with E-state index in [1.165, 1.54) is 49.8 Å². The molecule has 3 aromatic rings. The lowest BCUT2D eigenvalue weighted by atomic mass is 9.48. The van der Waals surface area contributed by atoms with Crippen LogP contribution >= 0.6 is 0 Å². The van der Waals surface area contributed by atoms with Gasteiger partial charge in [0.05, 0.1) is 5.69 Å². The summed E-state index contributed by atoms with van der Waals surface area (Å²) in [6, 6.07) is 17.7. The normalized spacial score (nSPS) is 26.9. The Morgan fingerprint density at radius 3 is 1.98 bits per heavy atom. The van der Waals surface area contributed by atoms with Crippen molar-refractivity contribution in [2.45, 2.75) is 71.6 Å². The average molecular weight is 591 g/mol. The van der Waals surface area contributed by atoms with Crippen LogP contribution < -0.4 is 15.1 Å². The number of carbonyl (C=O) groups is 3. The van der Waals surface area contributed by atoms with Crippen molar-refractivity contribution in [2.75, 3.05) is 22.9 Å². The first kappa shape index (κ1) is 28.6. The summed E-state index contributed by atoms with van der Waals surface area (Å²) in [5, 5.41) is 2.40. The number of nitrogens with one attached hydrogen (secondary N) is 1. The first-order chi connectivity index (χ1) is 21.2. The molecule has 2 heterocycles. The van der Waals surface area contributed by atoms with Gasteiger partial charge in [-0.1, -0.05) is 12.1 Å². The second-order valence-electron chi connectivity index (χ2n) is 13.6. The highest BCUT2D eigenvalue weighted by Gasteiger charge is 2.51. The van der Waals surface area contributed by atoms with Gasteiger partial charge in [0.25, 0.3) is 11.8 Å². The van der Waals surface area contributed by atoms with E-state index in [0.717, 1.165) is 58.4 Å². The Balaban J connectivity index is 1.16. The number of rotatable bonds is 7. The third-order valence-corrected chi connectivity index (χ3v) is 10.9. The highest BCUT2D eigenvalue weighted by molar-refractivity contribution is 6.39. The summed E-state index contributed by atoms with van der Waals surface area (Å²) in [6.07, 6.45) is 9.52. The van der Waals surface area contributed by atoms with Crippen molar-refractivity contribution in [3.63, 3.8) is 0 Å². The van der Waals surface area contributed by atoms with Crippen molar-refractivity contribution in [1.29, 1.82) is 0 Å². The van der Waals surface area contributed by atoms with Crippen molar-refractivity contribution in [3.05, 3.63) is 82.7 Å². The number of aromatic nitrogens is 1. The van der Waals surface area contributed by atoms with Gasteiger partial charge in [0, 0.05) is 35.9 Å². The van der Waals surface area contributed by atoms with Crippen LogP contribution in [0.4, 0.5) is 16.2 Å². The fourth-order valence-electron chi connectivity index (χ4n) is 9.21. The molecule has 1 N–H and O–H groups in total. The third-order valence-electron chi connectivity index (χ3n) is 10.9. The average Bonchev–Trinajstić information content (AvgIpc) is 3.28. The Bertz CT molecular complexity index is 1620. The number of barbiturate groups is 1. The molecule has 5 aliphatic rings. The smallest absolute Gasteiger partial charge is 0.335 e. The molecule has 5 fully saturated rings. The van der Waals surface area contributed by atoms with Crippen LogP contribution in [0.15, 0.2) is 60.2 Å². The van der Waals surface area contributed by atoms with Gasteiger partial charge in [-0.05, 0) is 149 Å². The van der Waals surface area contributed by atoms with Gasteiger partial charge in [-0.15, -0.1) is 0 Å². The number of amides is 4. The minimum atomic E-state index is -0.710. The maximum Gasteiger partial charge on any atom is 0.335 e. The number of hydrogen-bond donors (Lipinski definition) is 1. The van der Waals surface area contributed by atoms with Crippen molar-refractivity contribution in [1.82, 2.24) is 9.88 Å². The molecular formula is C37H42N4O3. The largest absolute Gasteiger partial charge is 0.372 e. The molecule has 1 saturated heterocycles. The maximum atomic E-state index is 13.8. The zero-order valence-electron chi connectivity index (χ0n) is 26.2. The lowest BCUT2D eigenvalue weighted by Crippen LogP contribution is -2.54. The number of imide groups is 2. The maximum absolute atomic E-state index is 13.8. The molecule has 1 aliphatic heterocycles. The van der Waals surface area contributed by atoms with Gasteiger partial charge < -0.3 is 9.47 Å². The van der Waals surface area contributed by atoms with E-state index in [9.17, 15) is 14.4 Å². The summed E-state index contributed by atoms with van der Waals surface area (Å²) in [5.41, 5.74) is 6.84. The minimum Gasteiger partial charge on any atom is -0.372 e. The standard InChI is InChI=1S/C37H42N4O3/c1-5-39(6-2)30-11-13-31(14-12-30)40-23(3)15-28(24(40)4)19-33-34(42)38-36(44)41(35(33)43)32-9-7-29(8-10-32)37-20-25-16-26(21-37)18-27(17-25)22-37/h7-15,19,25-27H,5-6,16-18,20-22H2,1-4H3,(H,38,42,44)/b33-19+. The van der Waals surface area contributed by atoms with E-state index in [2.05, 4.69) is 65.0 Å². The third kappa shape index (κ3) is 4.68. The Morgan fingerprint density at radius 2 is 1.41 bits per heavy atom. The number of aryl methyl sites for hydroxylation is 1. The van der Waals surface area contributed by atoms with E-state index in [0.29, 0.717) is 5.69 Å². The molecule has 7 heteroatoms. The molecule has 4 aliphatic carbocycles. The van der Waals surface area contributed by atoms with Crippen LogP contribution in [-0.2, 0) is 15.0 Å². The number of urea groups is 1. The Morgan fingerprint density at radius 1 is 0.841 bits per heavy atom. The van der Waals surface area contributed by atoms with E-state index in [-0.39, 0.29) is 11.0 Å². The van der Waals surface area contributed by atoms with Gasteiger partial charge in [-0.3, -0.25) is 14.9 Å². The highest BCUT2D eigenvalue weighted by Crippen LogP contribution is 2.60. The van der Waals surface area contributed by atoms with E-state index in [1.54, 1.807) is 6.08 Å². The molecule has 4 saturated carbocycles. The predicted molar refractivity (Wildman–Crippen MR) is 174 cm³/mol.